The Labute approximate surface area is 199 Å². The number of nitrogens with zero attached hydrogens (tertiary/aromatic N) is 3. The van der Waals surface area contributed by atoms with Crippen molar-refractivity contribution >= 4 is 40.7 Å². The molecule has 3 aliphatic rings. The summed E-state index contributed by atoms with van der Waals surface area (Å²) in [7, 11) is 0. The summed E-state index contributed by atoms with van der Waals surface area (Å²) in [6.45, 7) is 9.98. The first kappa shape index (κ1) is 21.3. The van der Waals surface area contributed by atoms with Gasteiger partial charge in [0.1, 0.15) is 0 Å². The quantitative estimate of drug-likeness (QED) is 0.569. The molecule has 6 rings (SSSR count). The normalized spacial score (nSPS) is 20.6. The summed E-state index contributed by atoms with van der Waals surface area (Å²) in [6.07, 6.45) is 4.96. The molecule has 2 heterocycles. The third-order valence-corrected chi connectivity index (χ3v) is 8.14. The number of nitrogens with one attached hydrogen (secondary N) is 1. The number of aromatic nitrogens is 1. The van der Waals surface area contributed by atoms with Gasteiger partial charge in [0.25, 0.3) is 0 Å². The van der Waals surface area contributed by atoms with E-state index in [4.69, 9.17) is 0 Å². The third kappa shape index (κ3) is 3.08. The molecule has 6 nitrogen and oxygen atoms in total. The molecule has 0 bridgehead atoms. The number of hydrogen-bond acceptors (Lipinski definition) is 4. The van der Waals surface area contributed by atoms with Crippen LogP contribution in [0.1, 0.15) is 66.7 Å². The molecule has 174 valence electrons. The van der Waals surface area contributed by atoms with Crippen molar-refractivity contribution < 1.29 is 9.59 Å². The first-order chi connectivity index (χ1) is 16.4. The highest BCUT2D eigenvalue weighted by atomic mass is 16.2. The minimum Gasteiger partial charge on any atom is -0.357 e. The van der Waals surface area contributed by atoms with Gasteiger partial charge in [-0.1, -0.05) is 26.7 Å². The van der Waals surface area contributed by atoms with Crippen LogP contribution in [0.5, 0.6) is 0 Å². The zero-order chi connectivity index (χ0) is 23.6. The Balaban J connectivity index is 1.37. The number of carbonyl (C=O) groups excluding carboxylic acids is 2. The zero-order valence-corrected chi connectivity index (χ0v) is 19.9. The van der Waals surface area contributed by atoms with Gasteiger partial charge in [0, 0.05) is 52.4 Å². The van der Waals surface area contributed by atoms with E-state index >= 15 is 0 Å². The van der Waals surface area contributed by atoms with Crippen LogP contribution in [0, 0.1) is 0 Å². The number of H-pyrrole nitrogens is 1. The van der Waals surface area contributed by atoms with Crippen LogP contribution >= 0.6 is 0 Å². The van der Waals surface area contributed by atoms with Crippen LogP contribution in [-0.2, 0) is 10.2 Å². The van der Waals surface area contributed by atoms with E-state index in [1.165, 1.54) is 25.7 Å². The molecule has 1 N–H and O–H groups in total. The average Bonchev–Trinajstić information content (AvgIpc) is 3.51. The first-order valence-corrected chi connectivity index (χ1v) is 12.2. The number of amides is 1. The maximum absolute atomic E-state index is 13.6. The van der Waals surface area contributed by atoms with Crippen LogP contribution in [0.4, 0.5) is 11.4 Å². The molecule has 2 fully saturated rings. The van der Waals surface area contributed by atoms with Crippen molar-refractivity contribution in [1.82, 2.24) is 9.88 Å². The van der Waals surface area contributed by atoms with Crippen molar-refractivity contribution in [2.75, 3.05) is 24.5 Å². The van der Waals surface area contributed by atoms with Gasteiger partial charge in [-0.25, -0.2) is 0 Å². The van der Waals surface area contributed by atoms with Crippen molar-refractivity contribution in [1.29, 1.82) is 0 Å². The summed E-state index contributed by atoms with van der Waals surface area (Å²) < 4.78 is 0. The fraction of sp³-hybridized carbons (Fsp3) is 0.393. The molecule has 0 unspecified atom stereocenters. The fourth-order valence-corrected chi connectivity index (χ4v) is 6.22. The van der Waals surface area contributed by atoms with E-state index in [0.29, 0.717) is 24.7 Å². The van der Waals surface area contributed by atoms with Gasteiger partial charge >= 0.3 is 0 Å². The zero-order valence-electron chi connectivity index (χ0n) is 19.9. The monoisotopic (exact) mass is 454 g/mol. The molecule has 1 saturated carbocycles. The Morgan fingerprint density at radius 3 is 2.59 bits per heavy atom. The molecule has 1 amide bonds. The van der Waals surface area contributed by atoms with Crippen LogP contribution in [0.15, 0.2) is 41.4 Å². The van der Waals surface area contributed by atoms with Crippen molar-refractivity contribution in [2.24, 2.45) is 4.99 Å². The second-order valence-electron chi connectivity index (χ2n) is 10.4. The summed E-state index contributed by atoms with van der Waals surface area (Å²) >= 11 is 0. The molecule has 6 heteroatoms. The van der Waals surface area contributed by atoms with Gasteiger partial charge in [-0.3, -0.25) is 19.5 Å². The van der Waals surface area contributed by atoms with Crippen LogP contribution in [-0.4, -0.2) is 54.0 Å². The average molecular weight is 455 g/mol. The van der Waals surface area contributed by atoms with Gasteiger partial charge in [0.15, 0.2) is 5.78 Å². The summed E-state index contributed by atoms with van der Waals surface area (Å²) in [4.78, 5) is 38.5. The summed E-state index contributed by atoms with van der Waals surface area (Å²) in [5.41, 5.74) is 5.45. The molecule has 1 aromatic heterocycles. The van der Waals surface area contributed by atoms with Crippen molar-refractivity contribution in [3.63, 3.8) is 0 Å². The number of aromatic amines is 1. The standard InChI is InChI=1S/C28H30N4O2/c1-28(2)22-15-19(32-13-12-31(16-24(32)33)18-6-4-5-7-18)9-11-20(22)26(34)25-21-10-8-17(29-3)14-23(21)30-27(25)28/h8-11,14-15,18,30H,3-7,12-13,16H2,1-2H3. The van der Waals surface area contributed by atoms with E-state index in [-0.39, 0.29) is 11.7 Å². The van der Waals surface area contributed by atoms with Crippen molar-refractivity contribution in [2.45, 2.75) is 51.0 Å². The number of anilines is 1. The maximum Gasteiger partial charge on any atom is 0.241 e. The molecule has 3 aromatic rings. The second-order valence-corrected chi connectivity index (χ2v) is 10.4. The van der Waals surface area contributed by atoms with Gasteiger partial charge in [-0.05, 0) is 61.5 Å². The van der Waals surface area contributed by atoms with Crippen molar-refractivity contribution in [3.05, 3.63) is 58.8 Å². The number of ketones is 1. The topological polar surface area (TPSA) is 68.8 Å². The molecule has 0 radical (unpaired) electrons. The number of carbonyl (C=O) groups is 2. The van der Waals surface area contributed by atoms with E-state index in [9.17, 15) is 9.59 Å². The number of hydrogen-bond donors (Lipinski definition) is 1. The van der Waals surface area contributed by atoms with Crippen LogP contribution in [0.25, 0.3) is 10.9 Å². The van der Waals surface area contributed by atoms with Gasteiger partial charge in [-0.2, -0.15) is 0 Å². The largest absolute Gasteiger partial charge is 0.357 e. The van der Waals surface area contributed by atoms with Gasteiger partial charge in [0.2, 0.25) is 5.91 Å². The minimum absolute atomic E-state index is 0.0267. The molecule has 2 aromatic carbocycles. The minimum atomic E-state index is -0.413. The molecular weight excluding hydrogens is 424 g/mol. The Hall–Kier alpha value is -3.25. The number of fused-ring (bicyclic) bond motifs is 4. The van der Waals surface area contributed by atoms with Crippen LogP contribution in [0.2, 0.25) is 0 Å². The molecule has 34 heavy (non-hydrogen) atoms. The summed E-state index contributed by atoms with van der Waals surface area (Å²) in [5.74, 6) is 0.174. The van der Waals surface area contributed by atoms with Gasteiger partial charge < -0.3 is 9.88 Å². The van der Waals surface area contributed by atoms with E-state index in [1.54, 1.807) is 0 Å². The smallest absolute Gasteiger partial charge is 0.241 e. The lowest BCUT2D eigenvalue weighted by Gasteiger charge is -2.38. The lowest BCUT2D eigenvalue weighted by Crippen LogP contribution is -2.53. The van der Waals surface area contributed by atoms with Gasteiger partial charge in [-0.15, -0.1) is 0 Å². The summed E-state index contributed by atoms with van der Waals surface area (Å²) in [6, 6.07) is 12.2. The molecule has 1 aliphatic heterocycles. The highest BCUT2D eigenvalue weighted by molar-refractivity contribution is 6.20. The number of aliphatic imine (C=N–C) groups is 1. The molecular formula is C28H30N4O2. The second kappa shape index (κ2) is 7.64. The number of piperazine rings is 1. The fourth-order valence-electron chi connectivity index (χ4n) is 6.22. The van der Waals surface area contributed by atoms with E-state index < -0.39 is 5.41 Å². The van der Waals surface area contributed by atoms with E-state index in [1.807, 2.05) is 35.2 Å². The first-order valence-electron chi connectivity index (χ1n) is 12.2. The Morgan fingerprint density at radius 1 is 1.06 bits per heavy atom. The van der Waals surface area contributed by atoms with Crippen LogP contribution < -0.4 is 4.90 Å². The lowest BCUT2D eigenvalue weighted by atomic mass is 9.71. The van der Waals surface area contributed by atoms with Gasteiger partial charge in [0.05, 0.1) is 17.8 Å². The predicted molar refractivity (Wildman–Crippen MR) is 136 cm³/mol. The molecule has 0 spiro atoms. The number of rotatable bonds is 3. The molecule has 1 saturated heterocycles. The number of benzene rings is 2. The predicted octanol–water partition coefficient (Wildman–Crippen LogP) is 4.96. The van der Waals surface area contributed by atoms with Crippen molar-refractivity contribution in [3.8, 4) is 0 Å². The molecule has 0 atom stereocenters. The van der Waals surface area contributed by atoms with E-state index in [0.717, 1.165) is 45.6 Å². The summed E-state index contributed by atoms with van der Waals surface area (Å²) in [5, 5.41) is 0.911. The van der Waals surface area contributed by atoms with E-state index in [2.05, 4.69) is 41.5 Å². The third-order valence-electron chi connectivity index (χ3n) is 8.14. The highest BCUT2D eigenvalue weighted by Gasteiger charge is 2.40. The Bertz CT molecular complexity index is 1350. The molecule has 2 aliphatic carbocycles. The Morgan fingerprint density at radius 2 is 1.85 bits per heavy atom. The highest BCUT2D eigenvalue weighted by Crippen LogP contribution is 2.45. The van der Waals surface area contributed by atoms with Crippen LogP contribution in [0.3, 0.4) is 0 Å². The SMILES string of the molecule is C=Nc1ccc2c3c([nH]c2c1)C(C)(C)c1cc(N2CCN(C4CCCC4)CC2=O)ccc1C3=O. The lowest BCUT2D eigenvalue weighted by molar-refractivity contribution is -0.122. The maximum atomic E-state index is 13.6. The Kier molecular flexibility index (Phi) is 4.78.